The van der Waals surface area contributed by atoms with E-state index in [4.69, 9.17) is 10.8 Å². The number of carboxylic acid groups (broad SMARTS) is 1. The first-order valence-corrected chi connectivity index (χ1v) is 2.66. The van der Waals surface area contributed by atoms with Gasteiger partial charge in [-0.25, -0.2) is 4.79 Å². The van der Waals surface area contributed by atoms with E-state index >= 15 is 0 Å². The van der Waals surface area contributed by atoms with Gasteiger partial charge >= 0.3 is 6.09 Å². The van der Waals surface area contributed by atoms with E-state index in [9.17, 15) is 4.79 Å². The second-order valence-electron chi connectivity index (χ2n) is 1.71. The van der Waals surface area contributed by atoms with E-state index in [-0.39, 0.29) is 0 Å². The highest BCUT2D eigenvalue weighted by molar-refractivity contribution is 5.67. The van der Waals surface area contributed by atoms with Crippen molar-refractivity contribution < 1.29 is 9.90 Å². The van der Waals surface area contributed by atoms with E-state index in [1.54, 1.807) is 6.92 Å². The molecule has 0 bridgehead atoms. The van der Waals surface area contributed by atoms with Crippen molar-refractivity contribution in [1.29, 1.82) is 0 Å². The minimum absolute atomic E-state index is 0.336. The van der Waals surface area contributed by atoms with Crippen molar-refractivity contribution in [2.75, 3.05) is 0 Å². The summed E-state index contributed by atoms with van der Waals surface area (Å²) in [6.07, 6.45) is 0.257. The topological polar surface area (TPSA) is 75.3 Å². The summed E-state index contributed by atoms with van der Waals surface area (Å²) >= 11 is 0. The van der Waals surface area contributed by atoms with Crippen LogP contribution in [-0.2, 0) is 0 Å². The molecule has 0 aromatic heterocycles. The number of nitrogens with two attached hydrogens (primary N) is 1. The van der Waals surface area contributed by atoms with Crippen molar-refractivity contribution in [1.82, 2.24) is 5.32 Å². The number of carbonyl (C=O) groups is 1. The second-order valence-corrected chi connectivity index (χ2v) is 1.71. The molecule has 4 N–H and O–H groups in total. The minimum Gasteiger partial charge on any atom is -0.465 e. The van der Waals surface area contributed by atoms with E-state index in [1.165, 1.54) is 6.08 Å². The molecule has 0 aromatic carbocycles. The van der Waals surface area contributed by atoms with Gasteiger partial charge in [0.2, 0.25) is 0 Å². The van der Waals surface area contributed by atoms with Gasteiger partial charge in [0.05, 0.1) is 5.70 Å². The molecule has 0 radical (unpaired) electrons. The van der Waals surface area contributed by atoms with Crippen LogP contribution >= 0.6 is 0 Å². The fraction of sp³-hybridized carbons (Fsp3) is 0.167. The lowest BCUT2D eigenvalue weighted by Crippen LogP contribution is -2.21. The van der Waals surface area contributed by atoms with Crippen LogP contribution < -0.4 is 11.1 Å². The fourth-order valence-electron chi connectivity index (χ4n) is 0.386. The molecular weight excluding hydrogens is 132 g/mol. The smallest absolute Gasteiger partial charge is 0.408 e. The zero-order chi connectivity index (χ0) is 8.15. The quantitative estimate of drug-likeness (QED) is 0.495. The molecule has 0 fully saturated rings. The summed E-state index contributed by atoms with van der Waals surface area (Å²) in [6, 6.07) is 0. The van der Waals surface area contributed by atoms with Gasteiger partial charge < -0.3 is 10.8 Å². The van der Waals surface area contributed by atoms with Gasteiger partial charge in [0.1, 0.15) is 0 Å². The van der Waals surface area contributed by atoms with Gasteiger partial charge in [-0.1, -0.05) is 6.58 Å². The summed E-state index contributed by atoms with van der Waals surface area (Å²) in [5.41, 5.74) is 6.03. The molecule has 0 aliphatic rings. The Labute approximate surface area is 59.0 Å². The number of amides is 1. The molecule has 0 aliphatic heterocycles. The van der Waals surface area contributed by atoms with Crippen LogP contribution in [0.3, 0.4) is 0 Å². The molecule has 56 valence electrons. The number of hydrogen-bond acceptors (Lipinski definition) is 2. The summed E-state index contributed by atoms with van der Waals surface area (Å²) in [4.78, 5) is 9.99. The van der Waals surface area contributed by atoms with Crippen LogP contribution in [0.5, 0.6) is 0 Å². The Kier molecular flexibility index (Phi) is 3.04. The first-order valence-electron chi connectivity index (χ1n) is 2.66. The Morgan fingerprint density at radius 2 is 2.30 bits per heavy atom. The van der Waals surface area contributed by atoms with Crippen LogP contribution in [0.15, 0.2) is 24.0 Å². The molecule has 0 saturated heterocycles. The summed E-state index contributed by atoms with van der Waals surface area (Å²) in [7, 11) is 0. The van der Waals surface area contributed by atoms with Crippen molar-refractivity contribution in [3.8, 4) is 0 Å². The van der Waals surface area contributed by atoms with Gasteiger partial charge in [-0.05, 0) is 13.0 Å². The zero-order valence-electron chi connectivity index (χ0n) is 5.72. The Morgan fingerprint density at radius 3 is 2.60 bits per heavy atom. The maximum Gasteiger partial charge on any atom is 0.408 e. The van der Waals surface area contributed by atoms with Crippen molar-refractivity contribution in [2.24, 2.45) is 5.73 Å². The van der Waals surface area contributed by atoms with Gasteiger partial charge in [-0.3, -0.25) is 5.32 Å². The van der Waals surface area contributed by atoms with E-state index in [0.717, 1.165) is 0 Å². The van der Waals surface area contributed by atoms with Crippen molar-refractivity contribution in [2.45, 2.75) is 6.92 Å². The van der Waals surface area contributed by atoms with Crippen molar-refractivity contribution in [3.05, 3.63) is 24.0 Å². The molecule has 4 heteroatoms. The predicted octanol–water partition coefficient (Wildman–Crippen LogP) is 0.630. The average Bonchev–Trinajstić information content (AvgIpc) is 1.85. The predicted molar refractivity (Wildman–Crippen MR) is 38.2 cm³/mol. The van der Waals surface area contributed by atoms with E-state index in [2.05, 4.69) is 11.9 Å². The van der Waals surface area contributed by atoms with Gasteiger partial charge in [0.15, 0.2) is 0 Å². The molecule has 10 heavy (non-hydrogen) atoms. The van der Waals surface area contributed by atoms with Crippen LogP contribution in [-0.4, -0.2) is 11.2 Å². The molecule has 0 heterocycles. The highest BCUT2D eigenvalue weighted by Gasteiger charge is 1.96. The lowest BCUT2D eigenvalue weighted by atomic mass is 10.3. The van der Waals surface area contributed by atoms with E-state index < -0.39 is 6.09 Å². The maximum absolute atomic E-state index is 9.99. The van der Waals surface area contributed by atoms with Crippen LogP contribution in [0, 0.1) is 0 Å². The van der Waals surface area contributed by atoms with Crippen molar-refractivity contribution in [3.63, 3.8) is 0 Å². The van der Waals surface area contributed by atoms with Gasteiger partial charge in [0.25, 0.3) is 0 Å². The van der Waals surface area contributed by atoms with Gasteiger partial charge in [0, 0.05) is 5.70 Å². The summed E-state index contributed by atoms with van der Waals surface area (Å²) in [6.45, 7) is 4.93. The Morgan fingerprint density at radius 1 is 1.80 bits per heavy atom. The fourth-order valence-corrected chi connectivity index (χ4v) is 0.386. The molecule has 0 spiro atoms. The lowest BCUT2D eigenvalue weighted by Gasteiger charge is -2.01. The first-order chi connectivity index (χ1) is 4.57. The highest BCUT2D eigenvalue weighted by Crippen LogP contribution is 1.92. The minimum atomic E-state index is -1.12. The van der Waals surface area contributed by atoms with Crippen molar-refractivity contribution >= 4 is 6.09 Å². The van der Waals surface area contributed by atoms with Gasteiger partial charge in [-0.15, -0.1) is 0 Å². The van der Waals surface area contributed by atoms with Crippen LogP contribution in [0.2, 0.25) is 0 Å². The molecule has 0 aromatic rings. The molecule has 4 nitrogen and oxygen atoms in total. The SMILES string of the molecule is C=C/C(N)=C(\C)NC(=O)O. The molecule has 0 unspecified atom stereocenters. The zero-order valence-corrected chi connectivity index (χ0v) is 5.72. The number of nitrogens with one attached hydrogen (secondary N) is 1. The number of hydrogen-bond donors (Lipinski definition) is 3. The Balaban J connectivity index is 4.18. The third kappa shape index (κ3) is 2.76. The molecular formula is C6H10N2O2. The van der Waals surface area contributed by atoms with E-state index in [1.807, 2.05) is 0 Å². The maximum atomic E-state index is 9.99. The molecule has 0 saturated carbocycles. The van der Waals surface area contributed by atoms with Crippen LogP contribution in [0.4, 0.5) is 4.79 Å². The summed E-state index contributed by atoms with van der Waals surface area (Å²) in [5, 5.41) is 10.3. The lowest BCUT2D eigenvalue weighted by molar-refractivity contribution is 0.197. The molecule has 0 rings (SSSR count). The third-order valence-corrected chi connectivity index (χ3v) is 0.947. The normalized spacial score (nSPS) is 11.7. The largest absolute Gasteiger partial charge is 0.465 e. The van der Waals surface area contributed by atoms with Crippen LogP contribution in [0.1, 0.15) is 6.92 Å². The van der Waals surface area contributed by atoms with E-state index in [0.29, 0.717) is 11.4 Å². The Bertz CT molecular complexity index is 184. The van der Waals surface area contributed by atoms with Crippen LogP contribution in [0.25, 0.3) is 0 Å². The monoisotopic (exact) mass is 142 g/mol. The Hall–Kier alpha value is -1.45. The molecule has 1 amide bonds. The molecule has 0 atom stereocenters. The average molecular weight is 142 g/mol. The first kappa shape index (κ1) is 8.55. The number of allylic oxidation sites excluding steroid dienone is 2. The summed E-state index contributed by atoms with van der Waals surface area (Å²) in [5.74, 6) is 0. The van der Waals surface area contributed by atoms with Gasteiger partial charge in [-0.2, -0.15) is 0 Å². The molecule has 0 aliphatic carbocycles. The highest BCUT2D eigenvalue weighted by atomic mass is 16.4. The standard InChI is InChI=1S/C6H10N2O2/c1-3-5(7)4(2)8-6(9)10/h3,8H,1,7H2,2H3,(H,9,10)/b5-4-. The summed E-state index contributed by atoms with van der Waals surface area (Å²) < 4.78 is 0. The second kappa shape index (κ2) is 3.55. The number of rotatable bonds is 2. The third-order valence-electron chi connectivity index (χ3n) is 0.947.